The van der Waals surface area contributed by atoms with E-state index in [4.69, 9.17) is 14.6 Å². The zero-order valence-corrected chi connectivity index (χ0v) is 19.3. The lowest BCUT2D eigenvalue weighted by molar-refractivity contribution is -0.0132. The van der Waals surface area contributed by atoms with E-state index in [-0.39, 0.29) is 15.5 Å². The first-order valence-corrected chi connectivity index (χ1v) is 14.9. The fourth-order valence-electron chi connectivity index (χ4n) is 2.43. The third kappa shape index (κ3) is 5.14. The van der Waals surface area contributed by atoms with Crippen molar-refractivity contribution in [2.75, 3.05) is 13.2 Å². The van der Waals surface area contributed by atoms with Crippen LogP contribution in [0.1, 0.15) is 54.4 Å². The normalized spacial score (nSPS) is 20.5. The lowest BCUT2D eigenvalue weighted by atomic mass is 9.67. The van der Waals surface area contributed by atoms with Gasteiger partial charge in [0.15, 0.2) is 16.6 Å². The molecule has 0 aliphatic heterocycles. The zero-order chi connectivity index (χ0) is 18.3. The Morgan fingerprint density at radius 2 is 1.13 bits per heavy atom. The molecule has 5 heteroatoms. The molecule has 1 aliphatic carbocycles. The highest BCUT2D eigenvalue weighted by Gasteiger charge is 2.48. The van der Waals surface area contributed by atoms with Crippen LogP contribution in [-0.2, 0) is 8.85 Å². The molecule has 0 spiro atoms. The van der Waals surface area contributed by atoms with Crippen LogP contribution in [0.3, 0.4) is 0 Å². The highest BCUT2D eigenvalue weighted by molar-refractivity contribution is 6.74. The van der Waals surface area contributed by atoms with Crippen molar-refractivity contribution in [3.8, 4) is 0 Å². The molecule has 0 heterocycles. The van der Waals surface area contributed by atoms with Crippen LogP contribution >= 0.6 is 0 Å². The molecule has 0 aromatic carbocycles. The molecule has 0 bridgehead atoms. The van der Waals surface area contributed by atoms with Gasteiger partial charge in [-0.2, -0.15) is 0 Å². The van der Waals surface area contributed by atoms with E-state index >= 15 is 0 Å². The minimum absolute atomic E-state index is 0.143. The van der Waals surface area contributed by atoms with Gasteiger partial charge in [-0.1, -0.05) is 41.5 Å². The van der Waals surface area contributed by atoms with E-state index in [2.05, 4.69) is 67.7 Å². The van der Waals surface area contributed by atoms with Crippen molar-refractivity contribution in [2.45, 2.75) is 96.7 Å². The first kappa shape index (κ1) is 21.4. The standard InChI is InChI=1S/C18H41NO2Si2/c1-16(2,3)22(7,8)20-13-18(11-15(19)12-18)14-21-23(9,10)17(4,5)6/h15H,11-14,19H2,1-10H3. The van der Waals surface area contributed by atoms with Crippen LogP contribution in [0, 0.1) is 5.41 Å². The van der Waals surface area contributed by atoms with Gasteiger partial charge in [0.1, 0.15) is 0 Å². The first-order valence-electron chi connectivity index (χ1n) is 9.05. The van der Waals surface area contributed by atoms with E-state index in [9.17, 15) is 0 Å². The molecule has 1 fully saturated rings. The summed E-state index contributed by atoms with van der Waals surface area (Å²) in [5.74, 6) is 0. The molecule has 2 N–H and O–H groups in total. The van der Waals surface area contributed by atoms with Crippen molar-refractivity contribution in [1.29, 1.82) is 0 Å². The molecule has 0 radical (unpaired) electrons. The largest absolute Gasteiger partial charge is 0.416 e. The highest BCUT2D eigenvalue weighted by Crippen LogP contribution is 2.46. The molecular formula is C18H41NO2Si2. The lowest BCUT2D eigenvalue weighted by Crippen LogP contribution is -2.56. The maximum atomic E-state index is 6.52. The minimum Gasteiger partial charge on any atom is -0.416 e. The van der Waals surface area contributed by atoms with E-state index in [1.165, 1.54) is 0 Å². The number of nitrogens with two attached hydrogens (primary N) is 1. The van der Waals surface area contributed by atoms with Crippen LogP contribution in [0.2, 0.25) is 36.3 Å². The van der Waals surface area contributed by atoms with Crippen molar-refractivity contribution < 1.29 is 8.85 Å². The first-order chi connectivity index (χ1) is 10.0. The fourth-order valence-corrected chi connectivity index (χ4v) is 4.63. The van der Waals surface area contributed by atoms with Gasteiger partial charge in [0.05, 0.1) is 0 Å². The van der Waals surface area contributed by atoms with Crippen LogP contribution < -0.4 is 5.73 Å². The van der Waals surface area contributed by atoms with Gasteiger partial charge in [0.25, 0.3) is 0 Å². The van der Waals surface area contributed by atoms with Gasteiger partial charge in [0.2, 0.25) is 0 Å². The SMILES string of the molecule is CC(C)(C)[Si](C)(C)OCC1(CO[Si](C)(C)C(C)(C)C)CC(N)C1. The second kappa shape index (κ2) is 6.56. The maximum absolute atomic E-state index is 6.52. The second-order valence-corrected chi connectivity index (χ2v) is 20.4. The second-order valence-electron chi connectivity index (χ2n) is 10.8. The number of hydrogen-bond donors (Lipinski definition) is 1. The summed E-state index contributed by atoms with van der Waals surface area (Å²) in [6.07, 6.45) is 2.08. The highest BCUT2D eigenvalue weighted by atomic mass is 28.4. The van der Waals surface area contributed by atoms with Gasteiger partial charge in [0, 0.05) is 24.7 Å². The molecule has 3 nitrogen and oxygen atoms in total. The molecule has 138 valence electrons. The summed E-state index contributed by atoms with van der Waals surface area (Å²) < 4.78 is 13.0. The van der Waals surface area contributed by atoms with Gasteiger partial charge in [-0.25, -0.2) is 0 Å². The van der Waals surface area contributed by atoms with Gasteiger partial charge in [-0.15, -0.1) is 0 Å². The van der Waals surface area contributed by atoms with Crippen LogP contribution in [0.15, 0.2) is 0 Å². The summed E-state index contributed by atoms with van der Waals surface area (Å²) in [7, 11) is -3.43. The Bertz CT molecular complexity index is 370. The molecule has 1 saturated carbocycles. The van der Waals surface area contributed by atoms with Crippen LogP contribution in [0.5, 0.6) is 0 Å². The quantitative estimate of drug-likeness (QED) is 0.668. The Morgan fingerprint density at radius 3 is 1.35 bits per heavy atom. The molecule has 1 rings (SSSR count). The summed E-state index contributed by atoms with van der Waals surface area (Å²) >= 11 is 0. The Morgan fingerprint density at radius 1 is 0.826 bits per heavy atom. The Hall–Kier alpha value is 0.314. The van der Waals surface area contributed by atoms with Gasteiger partial charge in [-0.05, 0) is 49.1 Å². The van der Waals surface area contributed by atoms with Crippen LogP contribution in [0.4, 0.5) is 0 Å². The molecule has 1 aliphatic rings. The maximum Gasteiger partial charge on any atom is 0.192 e. The molecule has 0 unspecified atom stereocenters. The summed E-state index contributed by atoms with van der Waals surface area (Å²) in [5, 5.41) is 0.501. The number of hydrogen-bond acceptors (Lipinski definition) is 3. The predicted octanol–water partition coefficient (Wildman–Crippen LogP) is 5.14. The summed E-state index contributed by atoms with van der Waals surface area (Å²) in [5.41, 5.74) is 6.26. The van der Waals surface area contributed by atoms with Crippen molar-refractivity contribution in [3.05, 3.63) is 0 Å². The van der Waals surface area contributed by atoms with Crippen molar-refractivity contribution in [2.24, 2.45) is 11.1 Å². The van der Waals surface area contributed by atoms with E-state index in [1.54, 1.807) is 0 Å². The van der Waals surface area contributed by atoms with Gasteiger partial charge >= 0.3 is 0 Å². The average Bonchev–Trinajstić information content (AvgIpc) is 2.28. The topological polar surface area (TPSA) is 44.5 Å². The molecular weight excluding hydrogens is 318 g/mol. The van der Waals surface area contributed by atoms with E-state index in [0.29, 0.717) is 6.04 Å². The molecule has 0 amide bonds. The van der Waals surface area contributed by atoms with Gasteiger partial charge in [-0.3, -0.25) is 0 Å². The Kier molecular flexibility index (Phi) is 6.09. The summed E-state index contributed by atoms with van der Waals surface area (Å²) in [6, 6.07) is 0.320. The predicted molar refractivity (Wildman–Crippen MR) is 106 cm³/mol. The summed E-state index contributed by atoms with van der Waals surface area (Å²) in [4.78, 5) is 0. The van der Waals surface area contributed by atoms with Crippen molar-refractivity contribution >= 4 is 16.6 Å². The molecule has 0 aromatic rings. The molecule has 0 aromatic heterocycles. The average molecular weight is 360 g/mol. The fraction of sp³-hybridized carbons (Fsp3) is 1.00. The van der Waals surface area contributed by atoms with E-state index < -0.39 is 16.6 Å². The minimum atomic E-state index is -1.72. The van der Waals surface area contributed by atoms with Gasteiger partial charge < -0.3 is 14.6 Å². The smallest absolute Gasteiger partial charge is 0.192 e. The zero-order valence-electron chi connectivity index (χ0n) is 17.3. The Labute approximate surface area is 147 Å². The summed E-state index contributed by atoms with van der Waals surface area (Å²) in [6.45, 7) is 24.7. The lowest BCUT2D eigenvalue weighted by Gasteiger charge is -2.50. The third-order valence-corrected chi connectivity index (χ3v) is 15.4. The van der Waals surface area contributed by atoms with Crippen molar-refractivity contribution in [1.82, 2.24) is 0 Å². The Balaban J connectivity index is 2.71. The van der Waals surface area contributed by atoms with Crippen LogP contribution in [0.25, 0.3) is 0 Å². The number of rotatable bonds is 6. The third-order valence-electron chi connectivity index (χ3n) is 6.48. The molecule has 0 atom stereocenters. The van der Waals surface area contributed by atoms with Crippen LogP contribution in [-0.4, -0.2) is 35.9 Å². The van der Waals surface area contributed by atoms with E-state index in [1.807, 2.05) is 0 Å². The van der Waals surface area contributed by atoms with Crippen molar-refractivity contribution in [3.63, 3.8) is 0 Å². The molecule has 0 saturated heterocycles. The molecule has 23 heavy (non-hydrogen) atoms. The monoisotopic (exact) mass is 359 g/mol. The van der Waals surface area contributed by atoms with E-state index in [0.717, 1.165) is 26.1 Å².